The quantitative estimate of drug-likeness (QED) is 0.476. The highest BCUT2D eigenvalue weighted by molar-refractivity contribution is 6.04. The molecule has 4 N–H and O–H groups in total. The van der Waals surface area contributed by atoms with Crippen molar-refractivity contribution in [3.63, 3.8) is 0 Å². The van der Waals surface area contributed by atoms with E-state index in [2.05, 4.69) is 51.9 Å². The minimum atomic E-state index is 0.336. The van der Waals surface area contributed by atoms with Crippen molar-refractivity contribution >= 4 is 17.3 Å². The third-order valence-electron chi connectivity index (χ3n) is 6.88. The smallest absolute Gasteiger partial charge is 0.160 e. The second-order valence-electron chi connectivity index (χ2n) is 9.44. The standard InChI is InChI=1S/C29H33N7/c1-3-4-6-20(2)25-12-13-26-29(33-25)36(28(34-26)24-7-5-16-32-27(24)31)23-10-8-21(9-11-23)19-35-17-14-22(30)15-18-35/h3-11,16,22H,1-2,12-15,17-19,30H2,(H2,31,32)/b6-4-. The van der Waals surface area contributed by atoms with Gasteiger partial charge in [-0.1, -0.05) is 43.5 Å². The molecule has 7 nitrogen and oxygen atoms in total. The number of imidazole rings is 1. The average molecular weight is 480 g/mol. The first-order valence-corrected chi connectivity index (χ1v) is 12.5. The number of piperidine rings is 1. The molecule has 4 heterocycles. The molecule has 0 radical (unpaired) electrons. The monoisotopic (exact) mass is 479 g/mol. The topological polar surface area (TPSA) is 98.3 Å². The molecule has 0 amide bonds. The van der Waals surface area contributed by atoms with Crippen LogP contribution in [-0.2, 0) is 13.0 Å². The van der Waals surface area contributed by atoms with Crippen LogP contribution in [0.4, 0.5) is 11.6 Å². The molecule has 0 atom stereocenters. The maximum atomic E-state index is 6.28. The van der Waals surface area contributed by atoms with Gasteiger partial charge in [0.2, 0.25) is 0 Å². The fraction of sp³-hybridized carbons (Fsp3) is 0.276. The van der Waals surface area contributed by atoms with Gasteiger partial charge in [0.05, 0.1) is 11.3 Å². The van der Waals surface area contributed by atoms with E-state index in [1.165, 1.54) is 5.56 Å². The van der Waals surface area contributed by atoms with Crippen LogP contribution in [0.3, 0.4) is 0 Å². The largest absolute Gasteiger partial charge is 0.383 e. The number of nitrogens with zero attached hydrogens (tertiary/aromatic N) is 5. The fourth-order valence-corrected chi connectivity index (χ4v) is 4.82. The number of allylic oxidation sites excluding steroid dienone is 4. The van der Waals surface area contributed by atoms with Gasteiger partial charge in [-0.25, -0.2) is 15.0 Å². The number of aryl methyl sites for hydroxylation is 1. The van der Waals surface area contributed by atoms with Crippen LogP contribution in [0.5, 0.6) is 0 Å². The number of nitrogen functional groups attached to an aromatic ring is 1. The number of aromatic nitrogens is 3. The van der Waals surface area contributed by atoms with Crippen molar-refractivity contribution in [2.24, 2.45) is 10.7 Å². The van der Waals surface area contributed by atoms with Crippen LogP contribution >= 0.6 is 0 Å². The zero-order valence-electron chi connectivity index (χ0n) is 20.6. The normalized spacial score (nSPS) is 16.6. The molecular formula is C29H33N7. The summed E-state index contributed by atoms with van der Waals surface area (Å²) in [6.45, 7) is 11.0. The van der Waals surface area contributed by atoms with Crippen molar-refractivity contribution in [2.75, 3.05) is 18.8 Å². The van der Waals surface area contributed by atoms with E-state index in [9.17, 15) is 0 Å². The van der Waals surface area contributed by atoms with Gasteiger partial charge < -0.3 is 11.5 Å². The van der Waals surface area contributed by atoms with Gasteiger partial charge >= 0.3 is 0 Å². The molecule has 0 unspecified atom stereocenters. The first-order chi connectivity index (χ1) is 17.5. The predicted molar refractivity (Wildman–Crippen MR) is 148 cm³/mol. The molecule has 184 valence electrons. The molecule has 1 aromatic carbocycles. The Balaban J connectivity index is 1.53. The fourth-order valence-electron chi connectivity index (χ4n) is 4.82. The Morgan fingerprint density at radius 3 is 2.61 bits per heavy atom. The summed E-state index contributed by atoms with van der Waals surface area (Å²) < 4.78 is 2.09. The maximum absolute atomic E-state index is 6.28. The van der Waals surface area contributed by atoms with Gasteiger partial charge in [-0.05, 0) is 74.2 Å². The number of rotatable bonds is 7. The number of hydrogen-bond donors (Lipinski definition) is 2. The van der Waals surface area contributed by atoms with Crippen LogP contribution in [0.25, 0.3) is 17.1 Å². The van der Waals surface area contributed by atoms with Gasteiger partial charge in [0.25, 0.3) is 0 Å². The summed E-state index contributed by atoms with van der Waals surface area (Å²) in [4.78, 5) is 16.8. The molecule has 2 aliphatic rings. The summed E-state index contributed by atoms with van der Waals surface area (Å²) in [6, 6.07) is 12.8. The molecule has 0 bridgehead atoms. The molecule has 7 heteroatoms. The number of hydrogen-bond acceptors (Lipinski definition) is 6. The van der Waals surface area contributed by atoms with Crippen molar-refractivity contribution in [1.82, 2.24) is 19.4 Å². The van der Waals surface area contributed by atoms with Crippen LogP contribution < -0.4 is 11.5 Å². The molecular weight excluding hydrogens is 446 g/mol. The van der Waals surface area contributed by atoms with Gasteiger partial charge in [0.1, 0.15) is 11.6 Å². The summed E-state index contributed by atoms with van der Waals surface area (Å²) in [6.07, 6.45) is 10.9. The third-order valence-corrected chi connectivity index (χ3v) is 6.88. The highest BCUT2D eigenvalue weighted by Gasteiger charge is 2.25. The second kappa shape index (κ2) is 10.4. The highest BCUT2D eigenvalue weighted by atomic mass is 15.2. The molecule has 1 saturated heterocycles. The van der Waals surface area contributed by atoms with Crippen molar-refractivity contribution in [1.29, 1.82) is 0 Å². The molecule has 0 aliphatic carbocycles. The van der Waals surface area contributed by atoms with Gasteiger partial charge in [0.15, 0.2) is 5.82 Å². The maximum Gasteiger partial charge on any atom is 0.160 e. The van der Waals surface area contributed by atoms with Crippen molar-refractivity contribution < 1.29 is 0 Å². The lowest BCUT2D eigenvalue weighted by molar-refractivity contribution is 0.205. The third kappa shape index (κ3) is 4.94. The molecule has 0 spiro atoms. The van der Waals surface area contributed by atoms with Crippen LogP contribution in [0.15, 0.2) is 84.5 Å². The Morgan fingerprint density at radius 1 is 1.11 bits per heavy atom. The van der Waals surface area contributed by atoms with E-state index in [1.54, 1.807) is 12.3 Å². The zero-order chi connectivity index (χ0) is 25.1. The van der Waals surface area contributed by atoms with Crippen LogP contribution in [0, 0.1) is 0 Å². The second-order valence-corrected chi connectivity index (χ2v) is 9.44. The Morgan fingerprint density at radius 2 is 1.89 bits per heavy atom. The lowest BCUT2D eigenvalue weighted by atomic mass is 10.0. The predicted octanol–water partition coefficient (Wildman–Crippen LogP) is 4.76. The molecule has 5 rings (SSSR count). The summed E-state index contributed by atoms with van der Waals surface area (Å²) in [5, 5.41) is 0. The number of pyridine rings is 1. The van der Waals surface area contributed by atoms with E-state index in [1.807, 2.05) is 24.3 Å². The lowest BCUT2D eigenvalue weighted by Crippen LogP contribution is -2.39. The van der Waals surface area contributed by atoms with E-state index in [0.29, 0.717) is 11.9 Å². The SMILES string of the molecule is C=C/C=C\C(=C)C1=Nc2c(nc(-c3cccnc3N)n2-c2ccc(CN3CCC(N)CC3)cc2)CC1. The number of fused-ring (bicyclic) bond motifs is 1. The average Bonchev–Trinajstić information content (AvgIpc) is 3.28. The van der Waals surface area contributed by atoms with E-state index >= 15 is 0 Å². The van der Waals surface area contributed by atoms with Crippen LogP contribution in [0.2, 0.25) is 0 Å². The minimum Gasteiger partial charge on any atom is -0.383 e. The molecule has 2 aromatic heterocycles. The summed E-state index contributed by atoms with van der Waals surface area (Å²) in [5.74, 6) is 2.02. The highest BCUT2D eigenvalue weighted by Crippen LogP contribution is 2.37. The van der Waals surface area contributed by atoms with Gasteiger partial charge in [-0.3, -0.25) is 9.47 Å². The Hall–Kier alpha value is -3.81. The lowest BCUT2D eigenvalue weighted by Gasteiger charge is -2.30. The van der Waals surface area contributed by atoms with Crippen LogP contribution in [0.1, 0.15) is 30.5 Å². The van der Waals surface area contributed by atoms with Crippen molar-refractivity contribution in [3.8, 4) is 17.1 Å². The summed E-state index contributed by atoms with van der Waals surface area (Å²) in [7, 11) is 0. The van der Waals surface area contributed by atoms with E-state index in [4.69, 9.17) is 21.4 Å². The Bertz CT molecular complexity index is 1320. The van der Waals surface area contributed by atoms with Crippen molar-refractivity contribution in [3.05, 3.63) is 90.8 Å². The summed E-state index contributed by atoms with van der Waals surface area (Å²) >= 11 is 0. The van der Waals surface area contributed by atoms with E-state index in [0.717, 1.165) is 85.2 Å². The van der Waals surface area contributed by atoms with Gasteiger partial charge in [-0.15, -0.1) is 0 Å². The minimum absolute atomic E-state index is 0.336. The molecule has 2 aliphatic heterocycles. The van der Waals surface area contributed by atoms with Gasteiger partial charge in [0, 0.05) is 30.2 Å². The number of likely N-dealkylation sites (tertiary alicyclic amines) is 1. The number of benzene rings is 1. The van der Waals surface area contributed by atoms with E-state index in [-0.39, 0.29) is 0 Å². The Labute approximate surface area is 212 Å². The summed E-state index contributed by atoms with van der Waals surface area (Å²) in [5.41, 5.74) is 18.2. The number of aliphatic imine (C=N–C) groups is 1. The molecule has 0 saturated carbocycles. The molecule has 3 aromatic rings. The first-order valence-electron chi connectivity index (χ1n) is 12.5. The van der Waals surface area contributed by atoms with Gasteiger partial charge in [-0.2, -0.15) is 0 Å². The molecule has 36 heavy (non-hydrogen) atoms. The first kappa shape index (κ1) is 23.9. The Kier molecular flexibility index (Phi) is 6.93. The van der Waals surface area contributed by atoms with Crippen LogP contribution in [-0.4, -0.2) is 44.3 Å². The zero-order valence-corrected chi connectivity index (χ0v) is 20.6. The van der Waals surface area contributed by atoms with E-state index < -0.39 is 0 Å². The molecule has 1 fully saturated rings. The number of anilines is 1. The van der Waals surface area contributed by atoms with Crippen molar-refractivity contribution in [2.45, 2.75) is 38.3 Å². The number of nitrogens with two attached hydrogens (primary N) is 2.